The van der Waals surface area contributed by atoms with E-state index in [1.807, 2.05) is 24.3 Å². The normalized spacial score (nSPS) is 13.5. The molecule has 2 heterocycles. The van der Waals surface area contributed by atoms with E-state index >= 15 is 0 Å². The lowest BCUT2D eigenvalue weighted by molar-refractivity contribution is -0.137. The maximum absolute atomic E-state index is 13.8. The van der Waals surface area contributed by atoms with Crippen molar-refractivity contribution in [2.75, 3.05) is 31.5 Å². The summed E-state index contributed by atoms with van der Waals surface area (Å²) in [6.45, 7) is 2.30. The number of pyridine rings is 1. The summed E-state index contributed by atoms with van der Waals surface area (Å²) in [5.41, 5.74) is 3.80. The summed E-state index contributed by atoms with van der Waals surface area (Å²) >= 11 is 0. The van der Waals surface area contributed by atoms with Gasteiger partial charge in [0.05, 0.1) is 19.0 Å². The van der Waals surface area contributed by atoms with Crippen LogP contribution in [0.1, 0.15) is 41.3 Å². The molecule has 0 saturated carbocycles. The van der Waals surface area contributed by atoms with Crippen LogP contribution in [-0.4, -0.2) is 53.0 Å². The molecule has 1 aromatic heterocycles. The van der Waals surface area contributed by atoms with Crippen molar-refractivity contribution >= 4 is 17.7 Å². The van der Waals surface area contributed by atoms with E-state index in [9.17, 15) is 19.1 Å². The van der Waals surface area contributed by atoms with Gasteiger partial charge in [-0.05, 0) is 54.2 Å². The lowest BCUT2D eigenvalue weighted by atomic mass is 10.0. The van der Waals surface area contributed by atoms with Gasteiger partial charge in [-0.15, -0.1) is 0 Å². The molecule has 37 heavy (non-hydrogen) atoms. The lowest BCUT2D eigenvalue weighted by Crippen LogP contribution is -2.41. The van der Waals surface area contributed by atoms with Crippen molar-refractivity contribution in [1.82, 2.24) is 15.2 Å². The maximum atomic E-state index is 13.8. The van der Waals surface area contributed by atoms with E-state index < -0.39 is 17.8 Å². The van der Waals surface area contributed by atoms with Crippen LogP contribution in [0, 0.1) is 5.82 Å². The van der Waals surface area contributed by atoms with Crippen LogP contribution in [-0.2, 0) is 28.9 Å². The van der Waals surface area contributed by atoms with Gasteiger partial charge in [0.1, 0.15) is 11.6 Å². The number of nitrogens with one attached hydrogen (secondary N) is 2. The van der Waals surface area contributed by atoms with Gasteiger partial charge in [0, 0.05) is 31.7 Å². The minimum Gasteiger partial charge on any atom is -0.481 e. The Kier molecular flexibility index (Phi) is 9.21. The van der Waals surface area contributed by atoms with Crippen LogP contribution < -0.4 is 10.6 Å². The summed E-state index contributed by atoms with van der Waals surface area (Å²) in [7, 11) is 0. The summed E-state index contributed by atoms with van der Waals surface area (Å²) < 4.78 is 13.8. The van der Waals surface area contributed by atoms with Gasteiger partial charge < -0.3 is 15.7 Å². The number of anilines is 1. The molecule has 3 N–H and O–H groups in total. The van der Waals surface area contributed by atoms with Gasteiger partial charge in [0.25, 0.3) is 0 Å². The molecule has 0 spiro atoms. The van der Waals surface area contributed by atoms with Crippen LogP contribution in [0.25, 0.3) is 0 Å². The van der Waals surface area contributed by atoms with Crippen molar-refractivity contribution in [3.05, 3.63) is 94.9 Å². The third kappa shape index (κ3) is 8.11. The molecule has 194 valence electrons. The Morgan fingerprint density at radius 1 is 1.05 bits per heavy atom. The summed E-state index contributed by atoms with van der Waals surface area (Å²) in [6, 6.07) is 19.1. The topological polar surface area (TPSA) is 94.6 Å². The monoisotopic (exact) mass is 504 g/mol. The molecule has 0 aliphatic carbocycles. The molecule has 8 heteroatoms. The van der Waals surface area contributed by atoms with Gasteiger partial charge in [-0.3, -0.25) is 14.5 Å². The number of halogens is 1. The fourth-order valence-electron chi connectivity index (χ4n) is 4.58. The fraction of sp³-hybridized carbons (Fsp3) is 0.345. The molecular weight excluding hydrogens is 471 g/mol. The second-order valence-corrected chi connectivity index (χ2v) is 9.38. The molecule has 0 unspecified atom stereocenters. The first-order valence-corrected chi connectivity index (χ1v) is 12.7. The zero-order chi connectivity index (χ0) is 26.0. The number of rotatable bonds is 12. The maximum Gasteiger partial charge on any atom is 0.305 e. The number of benzene rings is 2. The Morgan fingerprint density at radius 3 is 2.65 bits per heavy atom. The highest BCUT2D eigenvalue weighted by atomic mass is 19.1. The molecular formula is C29H33FN4O3. The van der Waals surface area contributed by atoms with Gasteiger partial charge in [-0.1, -0.05) is 48.5 Å². The summed E-state index contributed by atoms with van der Waals surface area (Å²) in [5.74, 6) is -0.895. The van der Waals surface area contributed by atoms with E-state index in [1.165, 1.54) is 29.3 Å². The zero-order valence-electron chi connectivity index (χ0n) is 20.8. The highest BCUT2D eigenvalue weighted by Gasteiger charge is 2.20. The van der Waals surface area contributed by atoms with Crippen molar-refractivity contribution in [3.63, 3.8) is 0 Å². The number of carboxylic acid groups (broad SMARTS) is 1. The standard InChI is InChI=1S/C29H33FN4O3/c30-24-10-4-8-23(18-24)26(19-28(36)37)33-27(35)20-34(16-13-21-6-2-1-3-7-21)17-14-25-12-11-22-9-5-15-31-29(22)32-25/h1-4,6-8,10-12,18,26H,5,9,13-17,19-20H2,(H,31,32)(H,33,35)(H,36,37)/t26-/m0/s1. The van der Waals surface area contributed by atoms with E-state index in [0.29, 0.717) is 25.1 Å². The minimum atomic E-state index is -1.07. The lowest BCUT2D eigenvalue weighted by Gasteiger charge is -2.24. The third-order valence-corrected chi connectivity index (χ3v) is 6.53. The van der Waals surface area contributed by atoms with E-state index in [0.717, 1.165) is 37.3 Å². The number of fused-ring (bicyclic) bond motifs is 1. The number of carboxylic acids is 1. The van der Waals surface area contributed by atoms with Crippen LogP contribution in [0.4, 0.5) is 10.2 Å². The molecule has 1 amide bonds. The molecule has 7 nitrogen and oxygen atoms in total. The van der Waals surface area contributed by atoms with E-state index in [2.05, 4.69) is 33.7 Å². The van der Waals surface area contributed by atoms with E-state index in [1.54, 1.807) is 6.07 Å². The smallest absolute Gasteiger partial charge is 0.305 e. The van der Waals surface area contributed by atoms with Crippen molar-refractivity contribution < 1.29 is 19.1 Å². The Hall–Kier alpha value is -3.78. The molecule has 0 saturated heterocycles. The SMILES string of the molecule is O=C(O)C[C@H](NC(=O)CN(CCc1ccccc1)CCc1ccc2c(n1)NCCC2)c1cccc(F)c1. The molecule has 3 aromatic rings. The highest BCUT2D eigenvalue weighted by Crippen LogP contribution is 2.20. The van der Waals surface area contributed by atoms with Crippen molar-refractivity contribution in [1.29, 1.82) is 0 Å². The van der Waals surface area contributed by atoms with Crippen LogP contribution in [0.2, 0.25) is 0 Å². The average Bonchev–Trinajstić information content (AvgIpc) is 2.90. The molecule has 1 aliphatic rings. The van der Waals surface area contributed by atoms with Gasteiger partial charge >= 0.3 is 5.97 Å². The first-order chi connectivity index (χ1) is 18.0. The van der Waals surface area contributed by atoms with Gasteiger partial charge in [-0.2, -0.15) is 0 Å². The van der Waals surface area contributed by atoms with Crippen molar-refractivity contribution in [2.45, 2.75) is 38.1 Å². The fourth-order valence-corrected chi connectivity index (χ4v) is 4.58. The Labute approximate surface area is 216 Å². The first kappa shape index (κ1) is 26.3. The Morgan fingerprint density at radius 2 is 1.86 bits per heavy atom. The summed E-state index contributed by atoms with van der Waals surface area (Å²) in [6.07, 6.45) is 3.26. The Balaban J connectivity index is 1.42. The minimum absolute atomic E-state index is 0.0987. The van der Waals surface area contributed by atoms with Crippen molar-refractivity contribution in [2.24, 2.45) is 0 Å². The summed E-state index contributed by atoms with van der Waals surface area (Å²) in [4.78, 5) is 31.3. The zero-order valence-corrected chi connectivity index (χ0v) is 20.8. The summed E-state index contributed by atoms with van der Waals surface area (Å²) in [5, 5.41) is 15.5. The number of aliphatic carboxylic acids is 1. The highest BCUT2D eigenvalue weighted by molar-refractivity contribution is 5.79. The number of amides is 1. The molecule has 4 rings (SSSR count). The Bertz CT molecular complexity index is 1200. The van der Waals surface area contributed by atoms with Crippen LogP contribution in [0.5, 0.6) is 0 Å². The molecule has 1 aliphatic heterocycles. The average molecular weight is 505 g/mol. The van der Waals surface area contributed by atoms with Gasteiger partial charge in [0.15, 0.2) is 0 Å². The number of carbonyl (C=O) groups excluding carboxylic acids is 1. The number of hydrogen-bond acceptors (Lipinski definition) is 5. The number of aromatic nitrogens is 1. The number of nitrogens with zero attached hydrogens (tertiary/aromatic N) is 2. The van der Waals surface area contributed by atoms with Crippen LogP contribution in [0.3, 0.4) is 0 Å². The predicted octanol–water partition coefficient (Wildman–Crippen LogP) is 4.00. The van der Waals surface area contributed by atoms with E-state index in [-0.39, 0.29) is 18.9 Å². The second-order valence-electron chi connectivity index (χ2n) is 9.38. The largest absolute Gasteiger partial charge is 0.481 e. The third-order valence-electron chi connectivity index (χ3n) is 6.53. The predicted molar refractivity (Wildman–Crippen MR) is 141 cm³/mol. The van der Waals surface area contributed by atoms with Gasteiger partial charge in [0.2, 0.25) is 5.91 Å². The number of hydrogen-bond donors (Lipinski definition) is 3. The number of aryl methyl sites for hydroxylation is 1. The van der Waals surface area contributed by atoms with Crippen LogP contribution in [0.15, 0.2) is 66.7 Å². The molecule has 1 atom stereocenters. The first-order valence-electron chi connectivity index (χ1n) is 12.7. The second kappa shape index (κ2) is 13.0. The van der Waals surface area contributed by atoms with Crippen LogP contribution >= 0.6 is 0 Å². The van der Waals surface area contributed by atoms with E-state index in [4.69, 9.17) is 4.98 Å². The van der Waals surface area contributed by atoms with Crippen molar-refractivity contribution in [3.8, 4) is 0 Å². The molecule has 2 aromatic carbocycles. The van der Waals surface area contributed by atoms with Gasteiger partial charge in [-0.25, -0.2) is 9.37 Å². The molecule has 0 fully saturated rings. The molecule has 0 bridgehead atoms. The quantitative estimate of drug-likeness (QED) is 0.345. The number of carbonyl (C=O) groups is 2. The molecule has 0 radical (unpaired) electrons.